The van der Waals surface area contributed by atoms with Crippen LogP contribution in [0.5, 0.6) is 5.75 Å². The molecule has 1 N–H and O–H groups in total. The number of carbonyl (C=O) groups is 1. The summed E-state index contributed by atoms with van der Waals surface area (Å²) in [6.45, 7) is 4.84. The molecule has 0 aliphatic rings. The van der Waals surface area contributed by atoms with E-state index < -0.39 is 0 Å². The van der Waals surface area contributed by atoms with Crippen LogP contribution in [0.25, 0.3) is 0 Å². The van der Waals surface area contributed by atoms with E-state index in [1.54, 1.807) is 12.3 Å². The molecule has 0 atom stereocenters. The lowest BCUT2D eigenvalue weighted by Crippen LogP contribution is -2.24. The standard InChI is InChI=1S/C16H19NO3/c1-12-5-3-7-15(13(12)2)20-10-8-16(18)17-11-14-6-4-9-19-14/h3-7,9H,8,10-11H2,1-2H3,(H,17,18). The molecule has 0 saturated heterocycles. The Morgan fingerprint density at radius 2 is 2.10 bits per heavy atom. The van der Waals surface area contributed by atoms with Crippen LogP contribution >= 0.6 is 0 Å². The van der Waals surface area contributed by atoms with E-state index in [1.807, 2.05) is 38.1 Å². The van der Waals surface area contributed by atoms with Gasteiger partial charge in [0.25, 0.3) is 0 Å². The highest BCUT2D eigenvalue weighted by molar-refractivity contribution is 5.75. The van der Waals surface area contributed by atoms with Crippen molar-refractivity contribution in [2.24, 2.45) is 0 Å². The Morgan fingerprint density at radius 3 is 2.85 bits per heavy atom. The summed E-state index contributed by atoms with van der Waals surface area (Å²) in [4.78, 5) is 11.6. The molecular weight excluding hydrogens is 254 g/mol. The molecule has 1 amide bonds. The minimum Gasteiger partial charge on any atom is -0.493 e. The lowest BCUT2D eigenvalue weighted by atomic mass is 10.1. The molecule has 0 unspecified atom stereocenters. The van der Waals surface area contributed by atoms with Crippen LogP contribution < -0.4 is 10.1 Å². The van der Waals surface area contributed by atoms with E-state index in [0.717, 1.165) is 17.1 Å². The summed E-state index contributed by atoms with van der Waals surface area (Å²) in [7, 11) is 0. The lowest BCUT2D eigenvalue weighted by molar-refractivity contribution is -0.121. The highest BCUT2D eigenvalue weighted by atomic mass is 16.5. The van der Waals surface area contributed by atoms with Crippen molar-refractivity contribution >= 4 is 5.91 Å². The average molecular weight is 273 g/mol. The smallest absolute Gasteiger partial charge is 0.223 e. The van der Waals surface area contributed by atoms with Gasteiger partial charge in [-0.25, -0.2) is 0 Å². The maximum atomic E-state index is 11.6. The van der Waals surface area contributed by atoms with Crippen molar-refractivity contribution in [1.29, 1.82) is 0 Å². The highest BCUT2D eigenvalue weighted by Gasteiger charge is 2.05. The molecular formula is C16H19NO3. The molecule has 1 heterocycles. The number of aryl methyl sites for hydroxylation is 1. The fraction of sp³-hybridized carbons (Fsp3) is 0.312. The van der Waals surface area contributed by atoms with Gasteiger partial charge in [0.15, 0.2) is 0 Å². The van der Waals surface area contributed by atoms with E-state index >= 15 is 0 Å². The number of hydrogen-bond donors (Lipinski definition) is 1. The largest absolute Gasteiger partial charge is 0.493 e. The van der Waals surface area contributed by atoms with Crippen molar-refractivity contribution in [1.82, 2.24) is 5.32 Å². The zero-order valence-corrected chi connectivity index (χ0v) is 11.8. The van der Waals surface area contributed by atoms with Gasteiger partial charge in [0.1, 0.15) is 11.5 Å². The van der Waals surface area contributed by atoms with Gasteiger partial charge in [-0.3, -0.25) is 4.79 Å². The van der Waals surface area contributed by atoms with Gasteiger partial charge in [-0.2, -0.15) is 0 Å². The second-order valence-corrected chi connectivity index (χ2v) is 4.65. The summed E-state index contributed by atoms with van der Waals surface area (Å²) in [6, 6.07) is 9.54. The van der Waals surface area contributed by atoms with Crippen molar-refractivity contribution in [2.45, 2.75) is 26.8 Å². The predicted octanol–water partition coefficient (Wildman–Crippen LogP) is 2.98. The third kappa shape index (κ3) is 3.88. The van der Waals surface area contributed by atoms with Gasteiger partial charge in [-0.1, -0.05) is 12.1 Å². The first-order valence-corrected chi connectivity index (χ1v) is 6.65. The summed E-state index contributed by atoms with van der Waals surface area (Å²) < 4.78 is 10.8. The highest BCUT2D eigenvalue weighted by Crippen LogP contribution is 2.20. The van der Waals surface area contributed by atoms with Crippen LogP contribution in [0.3, 0.4) is 0 Å². The van der Waals surface area contributed by atoms with E-state index in [0.29, 0.717) is 19.6 Å². The van der Waals surface area contributed by atoms with E-state index in [1.165, 1.54) is 5.56 Å². The molecule has 1 aromatic carbocycles. The van der Waals surface area contributed by atoms with Crippen molar-refractivity contribution in [3.63, 3.8) is 0 Å². The molecule has 1 aromatic heterocycles. The minimum absolute atomic E-state index is 0.0493. The Balaban J connectivity index is 1.72. The first-order chi connectivity index (χ1) is 9.66. The summed E-state index contributed by atoms with van der Waals surface area (Å²) in [5, 5.41) is 2.78. The fourth-order valence-corrected chi connectivity index (χ4v) is 1.82. The van der Waals surface area contributed by atoms with Crippen molar-refractivity contribution in [2.75, 3.05) is 6.61 Å². The van der Waals surface area contributed by atoms with Crippen LogP contribution in [0.1, 0.15) is 23.3 Å². The Kier molecular flexibility index (Phi) is 4.82. The average Bonchev–Trinajstić information content (AvgIpc) is 2.94. The first-order valence-electron chi connectivity index (χ1n) is 6.65. The molecule has 0 fully saturated rings. The van der Waals surface area contributed by atoms with Crippen LogP contribution in [0.2, 0.25) is 0 Å². The predicted molar refractivity (Wildman–Crippen MR) is 76.6 cm³/mol. The second-order valence-electron chi connectivity index (χ2n) is 4.65. The molecule has 0 radical (unpaired) electrons. The van der Waals surface area contributed by atoms with Gasteiger partial charge < -0.3 is 14.5 Å². The van der Waals surface area contributed by atoms with Gasteiger partial charge in [-0.15, -0.1) is 0 Å². The Bertz CT molecular complexity index is 561. The number of nitrogens with one attached hydrogen (secondary N) is 1. The van der Waals surface area contributed by atoms with Crippen LogP contribution in [0.15, 0.2) is 41.0 Å². The number of benzene rings is 1. The van der Waals surface area contributed by atoms with E-state index in [4.69, 9.17) is 9.15 Å². The summed E-state index contributed by atoms with van der Waals surface area (Å²) in [5.41, 5.74) is 2.30. The van der Waals surface area contributed by atoms with Crippen LogP contribution in [0.4, 0.5) is 0 Å². The number of hydrogen-bond acceptors (Lipinski definition) is 3. The van der Waals surface area contributed by atoms with Gasteiger partial charge in [-0.05, 0) is 43.2 Å². The Labute approximate surface area is 118 Å². The maximum absolute atomic E-state index is 11.6. The summed E-state index contributed by atoms with van der Waals surface area (Å²) >= 11 is 0. The molecule has 106 valence electrons. The van der Waals surface area contributed by atoms with Crippen LogP contribution in [-0.4, -0.2) is 12.5 Å². The van der Waals surface area contributed by atoms with Crippen molar-refractivity contribution < 1.29 is 13.9 Å². The zero-order valence-electron chi connectivity index (χ0n) is 11.8. The number of amides is 1. The zero-order chi connectivity index (χ0) is 14.4. The first kappa shape index (κ1) is 14.2. The molecule has 0 spiro atoms. The molecule has 4 heteroatoms. The molecule has 0 bridgehead atoms. The fourth-order valence-electron chi connectivity index (χ4n) is 1.82. The molecule has 0 aliphatic carbocycles. The van der Waals surface area contributed by atoms with Gasteiger partial charge in [0.05, 0.1) is 25.8 Å². The quantitative estimate of drug-likeness (QED) is 0.880. The maximum Gasteiger partial charge on any atom is 0.223 e. The van der Waals surface area contributed by atoms with Crippen LogP contribution in [0, 0.1) is 13.8 Å². The number of rotatable bonds is 6. The third-order valence-corrected chi connectivity index (χ3v) is 3.18. The van der Waals surface area contributed by atoms with Crippen molar-refractivity contribution in [3.8, 4) is 5.75 Å². The van der Waals surface area contributed by atoms with Gasteiger partial charge in [0.2, 0.25) is 5.91 Å². The third-order valence-electron chi connectivity index (χ3n) is 3.18. The SMILES string of the molecule is Cc1cccc(OCCC(=O)NCc2ccco2)c1C. The van der Waals surface area contributed by atoms with Gasteiger partial charge in [0, 0.05) is 0 Å². The molecule has 2 aromatic rings. The molecule has 0 saturated carbocycles. The summed E-state index contributed by atoms with van der Waals surface area (Å²) in [5.74, 6) is 1.53. The molecule has 0 aliphatic heterocycles. The molecule has 2 rings (SSSR count). The molecule has 20 heavy (non-hydrogen) atoms. The Morgan fingerprint density at radius 1 is 1.25 bits per heavy atom. The van der Waals surface area contributed by atoms with E-state index in [9.17, 15) is 4.79 Å². The van der Waals surface area contributed by atoms with Gasteiger partial charge >= 0.3 is 0 Å². The van der Waals surface area contributed by atoms with Crippen molar-refractivity contribution in [3.05, 3.63) is 53.5 Å². The minimum atomic E-state index is -0.0493. The molecule has 4 nitrogen and oxygen atoms in total. The normalized spacial score (nSPS) is 10.3. The van der Waals surface area contributed by atoms with E-state index in [2.05, 4.69) is 5.32 Å². The second kappa shape index (κ2) is 6.80. The van der Waals surface area contributed by atoms with Crippen LogP contribution in [-0.2, 0) is 11.3 Å². The van der Waals surface area contributed by atoms with E-state index in [-0.39, 0.29) is 5.91 Å². The monoisotopic (exact) mass is 273 g/mol. The summed E-state index contributed by atoms with van der Waals surface area (Å²) in [6.07, 6.45) is 1.92. The Hall–Kier alpha value is -2.23. The number of carbonyl (C=O) groups excluding carboxylic acids is 1. The lowest BCUT2D eigenvalue weighted by Gasteiger charge is -2.10. The topological polar surface area (TPSA) is 51.5 Å². The number of furan rings is 1. The number of ether oxygens (including phenoxy) is 1.